The second kappa shape index (κ2) is 8.25. The van der Waals surface area contributed by atoms with Crippen molar-refractivity contribution >= 4 is 16.6 Å². The molecule has 2 heterocycles. The van der Waals surface area contributed by atoms with E-state index in [-0.39, 0.29) is 0 Å². The molecule has 2 aromatic carbocycles. The second-order valence-electron chi connectivity index (χ2n) is 6.70. The Morgan fingerprint density at radius 3 is 2.42 bits per heavy atom. The summed E-state index contributed by atoms with van der Waals surface area (Å²) < 4.78 is 5.42. The van der Waals surface area contributed by atoms with Gasteiger partial charge in [-0.1, -0.05) is 54.6 Å². The molecule has 0 unspecified atom stereocenters. The zero-order valence-corrected chi connectivity index (χ0v) is 14.9. The highest BCUT2D eigenvalue weighted by Crippen LogP contribution is 2.29. The van der Waals surface area contributed by atoms with Gasteiger partial charge in [0.25, 0.3) is 0 Å². The summed E-state index contributed by atoms with van der Waals surface area (Å²) in [5.74, 6) is 0.872. The average molecular weight is 349 g/mol. The summed E-state index contributed by atoms with van der Waals surface area (Å²) >= 11 is 0. The standard InChI is InChI=1S/C21H24N4O/c1-2-7-17(8-3-1)20-18-9-4-5-10-19(18)21(24-23-20)22-11-6-12-25-13-15-26-16-14-25/h1-5,7-10H,6,11-16H2,(H,22,24)/p+1. The molecule has 1 saturated heterocycles. The maximum atomic E-state index is 5.42. The van der Waals surface area contributed by atoms with Crippen LogP contribution in [0.5, 0.6) is 0 Å². The molecular weight excluding hydrogens is 324 g/mol. The summed E-state index contributed by atoms with van der Waals surface area (Å²) in [7, 11) is 0. The molecule has 5 nitrogen and oxygen atoms in total. The first kappa shape index (κ1) is 16.9. The lowest BCUT2D eigenvalue weighted by Crippen LogP contribution is -3.14. The highest BCUT2D eigenvalue weighted by atomic mass is 16.5. The maximum Gasteiger partial charge on any atom is 0.156 e. The van der Waals surface area contributed by atoms with E-state index in [2.05, 4.69) is 51.9 Å². The first-order valence-electron chi connectivity index (χ1n) is 9.38. The fourth-order valence-corrected chi connectivity index (χ4v) is 3.50. The fraction of sp³-hybridized carbons (Fsp3) is 0.333. The van der Waals surface area contributed by atoms with Crippen LogP contribution in [0.15, 0.2) is 54.6 Å². The molecule has 0 atom stereocenters. The van der Waals surface area contributed by atoms with Crippen molar-refractivity contribution in [2.45, 2.75) is 6.42 Å². The summed E-state index contributed by atoms with van der Waals surface area (Å²) in [6, 6.07) is 18.6. The number of rotatable bonds is 6. The normalized spacial score (nSPS) is 15.2. The zero-order valence-electron chi connectivity index (χ0n) is 14.9. The highest BCUT2D eigenvalue weighted by Gasteiger charge is 2.13. The Bertz CT molecular complexity index is 847. The third-order valence-corrected chi connectivity index (χ3v) is 4.93. The van der Waals surface area contributed by atoms with Crippen molar-refractivity contribution in [1.29, 1.82) is 0 Å². The Balaban J connectivity index is 1.48. The van der Waals surface area contributed by atoms with Crippen LogP contribution in [0.4, 0.5) is 5.82 Å². The van der Waals surface area contributed by atoms with Crippen LogP contribution in [0.3, 0.4) is 0 Å². The second-order valence-corrected chi connectivity index (χ2v) is 6.70. The third-order valence-electron chi connectivity index (χ3n) is 4.93. The molecule has 0 spiro atoms. The summed E-state index contributed by atoms with van der Waals surface area (Å²) in [5.41, 5.74) is 2.03. The topological polar surface area (TPSA) is 51.5 Å². The van der Waals surface area contributed by atoms with Gasteiger partial charge in [0.1, 0.15) is 18.8 Å². The SMILES string of the molecule is c1ccc(-c2nnc(NCCC[NH+]3CCOCC3)c3ccccc23)cc1. The van der Waals surface area contributed by atoms with Crippen molar-refractivity contribution in [3.8, 4) is 11.3 Å². The predicted octanol–water partition coefficient (Wildman–Crippen LogP) is 2.01. The van der Waals surface area contributed by atoms with Crippen LogP contribution in [0, 0.1) is 0 Å². The molecule has 0 aliphatic carbocycles. The molecule has 1 aromatic heterocycles. The van der Waals surface area contributed by atoms with Crippen molar-refractivity contribution in [3.63, 3.8) is 0 Å². The number of morpholine rings is 1. The number of nitrogens with one attached hydrogen (secondary N) is 2. The minimum atomic E-state index is 0.872. The van der Waals surface area contributed by atoms with Gasteiger partial charge in [0.05, 0.1) is 19.8 Å². The highest BCUT2D eigenvalue weighted by molar-refractivity contribution is 5.99. The Hall–Kier alpha value is -2.50. The number of quaternary nitrogens is 1. The number of aromatic nitrogens is 2. The first-order chi connectivity index (χ1) is 12.9. The van der Waals surface area contributed by atoms with Gasteiger partial charge in [-0.3, -0.25) is 0 Å². The summed E-state index contributed by atoms with van der Waals surface area (Å²) in [4.78, 5) is 1.63. The molecule has 1 aliphatic heterocycles. The van der Waals surface area contributed by atoms with Crippen LogP contribution in [-0.2, 0) is 4.74 Å². The predicted molar refractivity (Wildman–Crippen MR) is 104 cm³/mol. The van der Waals surface area contributed by atoms with E-state index in [1.165, 1.54) is 6.54 Å². The van der Waals surface area contributed by atoms with Gasteiger partial charge in [0.15, 0.2) is 5.82 Å². The van der Waals surface area contributed by atoms with Gasteiger partial charge in [-0.05, 0) is 0 Å². The monoisotopic (exact) mass is 349 g/mol. The Morgan fingerprint density at radius 2 is 1.62 bits per heavy atom. The quantitative estimate of drug-likeness (QED) is 0.669. The van der Waals surface area contributed by atoms with E-state index in [1.807, 2.05) is 18.2 Å². The summed E-state index contributed by atoms with van der Waals surface area (Å²) in [5, 5.41) is 14.7. The molecule has 0 saturated carbocycles. The first-order valence-corrected chi connectivity index (χ1v) is 9.38. The molecule has 3 aromatic rings. The lowest BCUT2D eigenvalue weighted by Gasteiger charge is -2.23. The van der Waals surface area contributed by atoms with E-state index in [0.717, 1.165) is 67.1 Å². The third kappa shape index (κ3) is 3.84. The minimum Gasteiger partial charge on any atom is -0.370 e. The van der Waals surface area contributed by atoms with Crippen molar-refractivity contribution < 1.29 is 9.64 Å². The molecule has 4 rings (SSSR count). The molecule has 2 N–H and O–H groups in total. The fourth-order valence-electron chi connectivity index (χ4n) is 3.50. The molecule has 134 valence electrons. The van der Waals surface area contributed by atoms with Gasteiger partial charge >= 0.3 is 0 Å². The number of hydrogen-bond donors (Lipinski definition) is 2. The molecule has 0 amide bonds. The molecule has 1 aliphatic rings. The van der Waals surface area contributed by atoms with Crippen LogP contribution in [0.2, 0.25) is 0 Å². The molecule has 0 radical (unpaired) electrons. The van der Waals surface area contributed by atoms with Crippen molar-refractivity contribution in [2.75, 3.05) is 44.7 Å². The molecule has 5 heteroatoms. The van der Waals surface area contributed by atoms with E-state index in [4.69, 9.17) is 4.74 Å². The van der Waals surface area contributed by atoms with Gasteiger partial charge < -0.3 is 15.0 Å². The number of ether oxygens (including phenoxy) is 1. The Morgan fingerprint density at radius 1 is 0.885 bits per heavy atom. The number of fused-ring (bicyclic) bond motifs is 1. The average Bonchev–Trinajstić information content (AvgIpc) is 2.72. The van der Waals surface area contributed by atoms with E-state index >= 15 is 0 Å². The van der Waals surface area contributed by atoms with Gasteiger partial charge in [0.2, 0.25) is 0 Å². The van der Waals surface area contributed by atoms with Gasteiger partial charge in [-0.15, -0.1) is 10.2 Å². The molecule has 1 fully saturated rings. The summed E-state index contributed by atoms with van der Waals surface area (Å²) in [6.07, 6.45) is 1.12. The van der Waals surface area contributed by atoms with Crippen LogP contribution in [0.1, 0.15) is 6.42 Å². The molecule has 0 bridgehead atoms. The van der Waals surface area contributed by atoms with Crippen molar-refractivity contribution in [1.82, 2.24) is 10.2 Å². The van der Waals surface area contributed by atoms with Crippen molar-refractivity contribution in [2.24, 2.45) is 0 Å². The van der Waals surface area contributed by atoms with E-state index in [0.29, 0.717) is 0 Å². The van der Waals surface area contributed by atoms with E-state index in [9.17, 15) is 0 Å². The van der Waals surface area contributed by atoms with Crippen LogP contribution in [-0.4, -0.2) is 49.6 Å². The van der Waals surface area contributed by atoms with Crippen LogP contribution >= 0.6 is 0 Å². The maximum absolute atomic E-state index is 5.42. The minimum absolute atomic E-state index is 0.872. The van der Waals surface area contributed by atoms with Crippen LogP contribution < -0.4 is 10.2 Å². The molecule has 26 heavy (non-hydrogen) atoms. The van der Waals surface area contributed by atoms with Gasteiger partial charge in [-0.2, -0.15) is 0 Å². The lowest BCUT2D eigenvalue weighted by molar-refractivity contribution is -0.908. The number of hydrogen-bond acceptors (Lipinski definition) is 4. The van der Waals surface area contributed by atoms with E-state index < -0.39 is 0 Å². The largest absolute Gasteiger partial charge is 0.370 e. The van der Waals surface area contributed by atoms with Gasteiger partial charge in [0, 0.05) is 29.3 Å². The Kier molecular flexibility index (Phi) is 5.38. The van der Waals surface area contributed by atoms with Crippen molar-refractivity contribution in [3.05, 3.63) is 54.6 Å². The number of anilines is 1. The number of nitrogens with zero attached hydrogens (tertiary/aromatic N) is 2. The summed E-state index contributed by atoms with van der Waals surface area (Å²) in [6.45, 7) is 6.10. The van der Waals surface area contributed by atoms with Gasteiger partial charge in [-0.25, -0.2) is 0 Å². The lowest BCUT2D eigenvalue weighted by atomic mass is 10.0. The van der Waals surface area contributed by atoms with Crippen LogP contribution in [0.25, 0.3) is 22.0 Å². The molecular formula is C21H25N4O+. The van der Waals surface area contributed by atoms with E-state index in [1.54, 1.807) is 4.90 Å². The smallest absolute Gasteiger partial charge is 0.156 e. The Labute approximate surface area is 154 Å². The number of benzene rings is 2. The zero-order chi connectivity index (χ0) is 17.6.